The standard InChI is InChI=1S/C32H36N4O4/c1-22-14-16-23(17-15-22)27-13-8-20-33(27)31(39)36-26-18-19-28(36)29(30(37)38)34(21-26)32(40)35(24-9-4-2-5-10-24)25-11-6-3-7-12-25/h2-7,9-12,14-17,26-29,31,39H,8,13,18-21H2,1H3,(H,37,38)/t26-,27+,28+,29-,31?/m0/s1. The van der Waals surface area contributed by atoms with Gasteiger partial charge in [-0.15, -0.1) is 0 Å². The van der Waals surface area contributed by atoms with Crippen LogP contribution in [0.4, 0.5) is 16.2 Å². The fourth-order valence-electron chi connectivity index (χ4n) is 6.88. The van der Waals surface area contributed by atoms with Crippen LogP contribution in [-0.2, 0) is 4.79 Å². The van der Waals surface area contributed by atoms with Gasteiger partial charge in [-0.1, -0.05) is 66.2 Å². The molecule has 3 aliphatic rings. The number of amides is 2. The van der Waals surface area contributed by atoms with Gasteiger partial charge in [-0.05, 0) is 62.4 Å². The third kappa shape index (κ3) is 4.76. The zero-order valence-corrected chi connectivity index (χ0v) is 22.7. The molecule has 0 radical (unpaired) electrons. The molecule has 6 rings (SSSR count). The maximum absolute atomic E-state index is 14.2. The number of aliphatic hydroxyl groups is 1. The molecule has 5 atom stereocenters. The van der Waals surface area contributed by atoms with Crippen LogP contribution in [0.15, 0.2) is 84.9 Å². The van der Waals surface area contributed by atoms with Crippen molar-refractivity contribution in [2.45, 2.75) is 63.1 Å². The van der Waals surface area contributed by atoms with Crippen molar-refractivity contribution in [1.82, 2.24) is 14.7 Å². The first kappa shape index (κ1) is 26.5. The second kappa shape index (κ2) is 11.0. The van der Waals surface area contributed by atoms with Crippen LogP contribution in [0.2, 0.25) is 0 Å². The smallest absolute Gasteiger partial charge is 0.329 e. The molecule has 40 heavy (non-hydrogen) atoms. The Bertz CT molecular complexity index is 1300. The van der Waals surface area contributed by atoms with Crippen molar-refractivity contribution in [2.75, 3.05) is 18.0 Å². The van der Waals surface area contributed by atoms with E-state index >= 15 is 0 Å². The fourth-order valence-corrected chi connectivity index (χ4v) is 6.88. The molecule has 2 N–H and O–H groups in total. The van der Waals surface area contributed by atoms with Gasteiger partial charge in [-0.3, -0.25) is 14.7 Å². The van der Waals surface area contributed by atoms with Gasteiger partial charge in [-0.25, -0.2) is 9.59 Å². The molecule has 0 aromatic heterocycles. The number of hydrogen-bond acceptors (Lipinski definition) is 5. The highest BCUT2D eigenvalue weighted by atomic mass is 16.4. The van der Waals surface area contributed by atoms with Crippen LogP contribution in [0.25, 0.3) is 0 Å². The lowest BCUT2D eigenvalue weighted by Crippen LogP contribution is -2.68. The summed E-state index contributed by atoms with van der Waals surface area (Å²) in [6.45, 7) is 3.04. The van der Waals surface area contributed by atoms with E-state index in [4.69, 9.17) is 0 Å². The van der Waals surface area contributed by atoms with E-state index in [1.807, 2.05) is 65.6 Å². The van der Waals surface area contributed by atoms with Gasteiger partial charge in [0, 0.05) is 31.2 Å². The molecular formula is C32H36N4O4. The lowest BCUT2D eigenvalue weighted by molar-refractivity contribution is -0.173. The van der Waals surface area contributed by atoms with E-state index in [2.05, 4.69) is 36.1 Å². The maximum atomic E-state index is 14.2. The number of aryl methyl sites for hydroxylation is 1. The first-order valence-corrected chi connectivity index (χ1v) is 14.2. The molecule has 208 valence electrons. The number of aliphatic hydroxyl groups excluding tert-OH is 1. The van der Waals surface area contributed by atoms with E-state index in [1.54, 1.807) is 4.90 Å². The Kier molecular flexibility index (Phi) is 7.31. The van der Waals surface area contributed by atoms with Gasteiger partial charge in [0.15, 0.2) is 6.35 Å². The van der Waals surface area contributed by atoms with Crippen molar-refractivity contribution in [3.8, 4) is 0 Å². The first-order chi connectivity index (χ1) is 19.4. The molecule has 1 unspecified atom stereocenters. The minimum absolute atomic E-state index is 0.0737. The van der Waals surface area contributed by atoms with Gasteiger partial charge < -0.3 is 15.1 Å². The Morgan fingerprint density at radius 1 is 0.875 bits per heavy atom. The zero-order chi connectivity index (χ0) is 27.8. The van der Waals surface area contributed by atoms with Crippen molar-refractivity contribution < 1.29 is 19.8 Å². The summed E-state index contributed by atoms with van der Waals surface area (Å²) < 4.78 is 0. The summed E-state index contributed by atoms with van der Waals surface area (Å²) in [7, 11) is 0. The molecule has 3 aromatic carbocycles. The molecule has 3 saturated heterocycles. The Balaban J connectivity index is 1.29. The number of rotatable bonds is 6. The highest BCUT2D eigenvalue weighted by Gasteiger charge is 2.55. The second-order valence-corrected chi connectivity index (χ2v) is 11.1. The highest BCUT2D eigenvalue weighted by molar-refractivity contribution is 6.01. The molecular weight excluding hydrogens is 504 g/mol. The number of likely N-dealkylation sites (tertiary alicyclic amines) is 2. The van der Waals surface area contributed by atoms with Gasteiger partial charge in [0.1, 0.15) is 6.04 Å². The van der Waals surface area contributed by atoms with E-state index in [0.717, 1.165) is 25.8 Å². The van der Waals surface area contributed by atoms with Crippen LogP contribution in [0.5, 0.6) is 0 Å². The summed E-state index contributed by atoms with van der Waals surface area (Å²) in [6.07, 6.45) is 2.34. The highest BCUT2D eigenvalue weighted by Crippen LogP contribution is 2.41. The number of para-hydroxylation sites is 2. The number of anilines is 2. The van der Waals surface area contributed by atoms with Crippen LogP contribution >= 0.6 is 0 Å². The number of hydrogen-bond donors (Lipinski definition) is 2. The predicted octanol–water partition coefficient (Wildman–Crippen LogP) is 4.97. The van der Waals surface area contributed by atoms with Gasteiger partial charge in [0.05, 0.1) is 11.4 Å². The van der Waals surface area contributed by atoms with E-state index < -0.39 is 24.4 Å². The van der Waals surface area contributed by atoms with Crippen molar-refractivity contribution in [1.29, 1.82) is 0 Å². The summed E-state index contributed by atoms with van der Waals surface area (Å²) in [4.78, 5) is 34.2. The van der Waals surface area contributed by atoms with E-state index in [9.17, 15) is 19.8 Å². The quantitative estimate of drug-likeness (QED) is 0.459. The molecule has 3 aliphatic heterocycles. The number of piperazine rings is 1. The number of nitrogens with zero attached hydrogens (tertiary/aromatic N) is 4. The monoisotopic (exact) mass is 540 g/mol. The van der Waals surface area contributed by atoms with E-state index in [1.165, 1.54) is 16.0 Å². The van der Waals surface area contributed by atoms with Gasteiger partial charge >= 0.3 is 12.0 Å². The molecule has 3 aromatic rings. The van der Waals surface area contributed by atoms with Crippen LogP contribution in [0.1, 0.15) is 42.9 Å². The summed E-state index contributed by atoms with van der Waals surface area (Å²) >= 11 is 0. The number of carboxylic acid groups (broad SMARTS) is 1. The number of carboxylic acids is 1. The van der Waals surface area contributed by atoms with Gasteiger partial charge in [0.2, 0.25) is 0 Å². The molecule has 2 amide bonds. The van der Waals surface area contributed by atoms with Crippen LogP contribution in [-0.4, -0.2) is 74.5 Å². The minimum atomic E-state index is -1.07. The van der Waals surface area contributed by atoms with Crippen LogP contribution < -0.4 is 4.90 Å². The predicted molar refractivity (Wildman–Crippen MR) is 153 cm³/mol. The Morgan fingerprint density at radius 3 is 2.10 bits per heavy atom. The summed E-state index contributed by atoms with van der Waals surface area (Å²) in [5.74, 6) is -1.05. The number of fused-ring (bicyclic) bond motifs is 2. The average Bonchev–Trinajstić information content (AvgIpc) is 3.57. The second-order valence-electron chi connectivity index (χ2n) is 11.1. The maximum Gasteiger partial charge on any atom is 0.329 e. The minimum Gasteiger partial charge on any atom is -0.480 e. The largest absolute Gasteiger partial charge is 0.480 e. The molecule has 2 bridgehead atoms. The van der Waals surface area contributed by atoms with Crippen LogP contribution in [0, 0.1) is 6.92 Å². The number of carbonyl (C=O) groups excluding carboxylic acids is 1. The average molecular weight is 541 g/mol. The molecule has 8 heteroatoms. The van der Waals surface area contributed by atoms with Crippen molar-refractivity contribution >= 4 is 23.4 Å². The zero-order valence-electron chi connectivity index (χ0n) is 22.7. The normalized spacial score (nSPS) is 25.6. The fraction of sp³-hybridized carbons (Fsp3) is 0.375. The Labute approximate surface area is 235 Å². The lowest BCUT2D eigenvalue weighted by atomic mass is 10.0. The summed E-state index contributed by atoms with van der Waals surface area (Å²) in [5, 5.41) is 22.3. The lowest BCUT2D eigenvalue weighted by Gasteiger charge is -2.49. The molecule has 0 aliphatic carbocycles. The number of aliphatic carboxylic acids is 1. The first-order valence-electron chi connectivity index (χ1n) is 14.2. The summed E-state index contributed by atoms with van der Waals surface area (Å²) in [5.41, 5.74) is 3.71. The third-order valence-corrected chi connectivity index (χ3v) is 8.75. The van der Waals surface area contributed by atoms with Crippen molar-refractivity contribution in [3.63, 3.8) is 0 Å². The number of urea groups is 1. The van der Waals surface area contributed by atoms with Crippen LogP contribution in [0.3, 0.4) is 0 Å². The topological polar surface area (TPSA) is 87.6 Å². The van der Waals surface area contributed by atoms with E-state index in [-0.39, 0.29) is 24.7 Å². The molecule has 8 nitrogen and oxygen atoms in total. The number of benzene rings is 3. The Hall–Kier alpha value is -3.72. The molecule has 3 heterocycles. The number of carbonyl (C=O) groups is 2. The molecule has 3 fully saturated rings. The van der Waals surface area contributed by atoms with Gasteiger partial charge in [0.25, 0.3) is 0 Å². The molecule has 0 spiro atoms. The van der Waals surface area contributed by atoms with Crippen molar-refractivity contribution in [3.05, 3.63) is 96.1 Å². The van der Waals surface area contributed by atoms with E-state index in [0.29, 0.717) is 17.8 Å². The Morgan fingerprint density at radius 2 is 1.50 bits per heavy atom. The molecule has 0 saturated carbocycles. The van der Waals surface area contributed by atoms with Crippen molar-refractivity contribution in [2.24, 2.45) is 0 Å². The summed E-state index contributed by atoms with van der Waals surface area (Å²) in [6, 6.07) is 25.1. The SMILES string of the molecule is Cc1ccc([C@H]2CCCN2C(O)N2[C@H]3CC[C@@H]2[C@@H](C(=O)O)N(C(=O)N(c2ccccc2)c2ccccc2)C3)cc1. The third-order valence-electron chi connectivity index (χ3n) is 8.75. The van der Waals surface area contributed by atoms with Gasteiger partial charge in [-0.2, -0.15) is 0 Å².